The second kappa shape index (κ2) is 15.3. The fraction of sp³-hybridized carbons (Fsp3) is 0.455. The Morgan fingerprint density at radius 1 is 1.12 bits per heavy atom. The number of aromatic amines is 1. The molecular weight excluding hydrogens is 636 g/mol. The largest absolute Gasteiger partial charge is 0.458 e. The van der Waals surface area contributed by atoms with Crippen LogP contribution in [-0.2, 0) is 30.8 Å². The van der Waals surface area contributed by atoms with Crippen LogP contribution in [0.4, 0.5) is 5.95 Å². The number of carbonyl (C=O) groups is 2. The van der Waals surface area contributed by atoms with E-state index >= 15 is 0 Å². The molecule has 15 heteroatoms. The van der Waals surface area contributed by atoms with Crippen LogP contribution in [0.1, 0.15) is 33.5 Å². The summed E-state index contributed by atoms with van der Waals surface area (Å²) < 4.78 is 43.4. The van der Waals surface area contributed by atoms with Crippen molar-refractivity contribution < 1.29 is 32.0 Å². The molecule has 1 amide bonds. The fourth-order valence-corrected chi connectivity index (χ4v) is 7.62. The number of carbonyl (C=O) groups excluding carboxylic acids is 2. The molecule has 1 fully saturated rings. The first-order valence-electron chi connectivity index (χ1n) is 16.1. The Labute approximate surface area is 280 Å². The van der Waals surface area contributed by atoms with Crippen molar-refractivity contribution in [2.24, 2.45) is 0 Å². The van der Waals surface area contributed by atoms with Gasteiger partial charge in [0.25, 0.3) is 5.91 Å². The lowest BCUT2D eigenvalue weighted by Crippen LogP contribution is -2.54. The van der Waals surface area contributed by atoms with Gasteiger partial charge in [-0.25, -0.2) is 13.4 Å². The first kappa shape index (κ1) is 35.0. The molecule has 48 heavy (non-hydrogen) atoms. The molecule has 4 aromatic rings. The number of fused-ring (bicyclic) bond motifs is 1. The van der Waals surface area contributed by atoms with Gasteiger partial charge in [-0.3, -0.25) is 14.3 Å². The topological polar surface area (TPSA) is 169 Å². The Hall–Kier alpha value is -4.31. The van der Waals surface area contributed by atoms with Crippen LogP contribution in [0.3, 0.4) is 0 Å². The first-order valence-corrected chi connectivity index (χ1v) is 17.6. The molecule has 0 aliphatic carbocycles. The van der Waals surface area contributed by atoms with Crippen LogP contribution < -0.4 is 15.4 Å². The van der Waals surface area contributed by atoms with E-state index in [1.807, 2.05) is 17.7 Å². The van der Waals surface area contributed by atoms with E-state index in [1.54, 1.807) is 56.7 Å². The maximum Gasteiger partial charge on any atom is 0.326 e. The number of nitrogens with one attached hydrogen (secondary N) is 4. The maximum atomic E-state index is 13.6. The van der Waals surface area contributed by atoms with E-state index in [0.29, 0.717) is 60.0 Å². The van der Waals surface area contributed by atoms with Crippen LogP contribution >= 0.6 is 0 Å². The number of esters is 1. The normalized spacial score (nSPS) is 15.2. The van der Waals surface area contributed by atoms with E-state index in [1.165, 1.54) is 0 Å². The van der Waals surface area contributed by atoms with E-state index in [4.69, 9.17) is 9.47 Å². The molecule has 0 bridgehead atoms. The van der Waals surface area contributed by atoms with E-state index in [2.05, 4.69) is 37.5 Å². The van der Waals surface area contributed by atoms with Gasteiger partial charge < -0.3 is 29.6 Å². The SMILES string of the molecule is Cc1cc(C)c(S(=O)(=O)N[C@@H](CNC(=O)c2ccc3c(cnn3CCCNc3ncc[nH]3)c2)C(=O)OCC[N+]2(C)CCOCC2)c(C)c1. The molecule has 1 atom stereocenters. The third-order valence-electron chi connectivity index (χ3n) is 8.59. The zero-order valence-corrected chi connectivity index (χ0v) is 28.7. The van der Waals surface area contributed by atoms with E-state index in [0.717, 1.165) is 36.0 Å². The number of benzene rings is 2. The summed E-state index contributed by atoms with van der Waals surface area (Å²) >= 11 is 0. The highest BCUT2D eigenvalue weighted by atomic mass is 32.2. The molecule has 258 valence electrons. The fourth-order valence-electron chi connectivity index (χ4n) is 5.99. The average Bonchev–Trinajstić information content (AvgIpc) is 3.70. The molecule has 0 unspecified atom stereocenters. The molecule has 14 nitrogen and oxygen atoms in total. The molecule has 0 radical (unpaired) electrons. The van der Waals surface area contributed by atoms with Crippen molar-refractivity contribution >= 4 is 38.8 Å². The van der Waals surface area contributed by atoms with Crippen LogP contribution in [0.15, 0.2) is 53.8 Å². The van der Waals surface area contributed by atoms with Gasteiger partial charge >= 0.3 is 5.97 Å². The lowest BCUT2D eigenvalue weighted by molar-refractivity contribution is -0.917. The van der Waals surface area contributed by atoms with Crippen molar-refractivity contribution in [2.45, 2.75) is 44.7 Å². The van der Waals surface area contributed by atoms with Gasteiger partial charge in [0, 0.05) is 43.0 Å². The molecule has 2 aromatic heterocycles. The van der Waals surface area contributed by atoms with Crippen molar-refractivity contribution in [1.82, 2.24) is 29.8 Å². The Bertz CT molecular complexity index is 1810. The molecule has 1 aliphatic heterocycles. The number of hydrogen-bond donors (Lipinski definition) is 4. The number of H-pyrrole nitrogens is 1. The van der Waals surface area contributed by atoms with Gasteiger partial charge in [-0.2, -0.15) is 9.82 Å². The minimum atomic E-state index is -4.14. The zero-order valence-electron chi connectivity index (χ0n) is 27.9. The number of quaternary nitrogens is 1. The Morgan fingerprint density at radius 2 is 1.88 bits per heavy atom. The van der Waals surface area contributed by atoms with E-state index < -0.39 is 27.9 Å². The monoisotopic (exact) mass is 681 g/mol. The van der Waals surface area contributed by atoms with Crippen molar-refractivity contribution in [3.05, 3.63) is 71.2 Å². The van der Waals surface area contributed by atoms with Gasteiger partial charge in [-0.1, -0.05) is 17.7 Å². The summed E-state index contributed by atoms with van der Waals surface area (Å²) in [6.07, 6.45) is 5.94. The summed E-state index contributed by atoms with van der Waals surface area (Å²) in [5, 5.41) is 11.2. The molecule has 4 N–H and O–H groups in total. The summed E-state index contributed by atoms with van der Waals surface area (Å²) in [7, 11) is -2.08. The second-order valence-corrected chi connectivity index (χ2v) is 14.2. The number of rotatable bonds is 15. The lowest BCUT2D eigenvalue weighted by atomic mass is 10.1. The summed E-state index contributed by atoms with van der Waals surface area (Å²) in [6, 6.07) is 7.43. The van der Waals surface area contributed by atoms with Crippen molar-refractivity contribution in [1.29, 1.82) is 0 Å². The molecule has 1 aliphatic rings. The number of amides is 1. The lowest BCUT2D eigenvalue weighted by Gasteiger charge is -2.37. The number of nitrogens with zero attached hydrogens (tertiary/aromatic N) is 4. The van der Waals surface area contributed by atoms with Gasteiger partial charge in [-0.15, -0.1) is 0 Å². The number of aryl methyl sites for hydroxylation is 4. The maximum absolute atomic E-state index is 13.6. The quantitative estimate of drug-likeness (QED) is 0.0836. The highest BCUT2D eigenvalue weighted by Gasteiger charge is 2.31. The number of hydrogen-bond acceptors (Lipinski definition) is 9. The highest BCUT2D eigenvalue weighted by molar-refractivity contribution is 7.89. The highest BCUT2D eigenvalue weighted by Crippen LogP contribution is 2.22. The van der Waals surface area contributed by atoms with Gasteiger partial charge in [0.15, 0.2) is 5.95 Å². The molecular formula is C33H45N8O6S+. The van der Waals surface area contributed by atoms with Gasteiger partial charge in [0.1, 0.15) is 32.3 Å². The number of likely N-dealkylation sites (N-methyl/N-ethyl adjacent to an activating group) is 1. The van der Waals surface area contributed by atoms with Crippen LogP contribution in [0.5, 0.6) is 0 Å². The minimum absolute atomic E-state index is 0.0998. The van der Waals surface area contributed by atoms with Crippen LogP contribution in [0.25, 0.3) is 10.9 Å². The van der Waals surface area contributed by atoms with Crippen molar-refractivity contribution in [3.8, 4) is 0 Å². The minimum Gasteiger partial charge on any atom is -0.458 e. The number of anilines is 1. The number of ether oxygens (including phenoxy) is 2. The zero-order chi connectivity index (χ0) is 34.3. The van der Waals surface area contributed by atoms with Crippen molar-refractivity contribution in [2.75, 3.05) is 64.9 Å². The first-order chi connectivity index (χ1) is 22.9. The molecule has 5 rings (SSSR count). The smallest absolute Gasteiger partial charge is 0.326 e. The van der Waals surface area contributed by atoms with Gasteiger partial charge in [0.05, 0.1) is 36.9 Å². The number of aromatic nitrogens is 4. The van der Waals surface area contributed by atoms with Crippen LogP contribution in [-0.4, -0.2) is 110 Å². The van der Waals surface area contributed by atoms with E-state index in [-0.39, 0.29) is 18.0 Å². The number of morpholine rings is 1. The molecule has 0 saturated carbocycles. The third-order valence-corrected chi connectivity index (χ3v) is 10.4. The third kappa shape index (κ3) is 8.78. The van der Waals surface area contributed by atoms with Gasteiger partial charge in [-0.05, 0) is 56.5 Å². The standard InChI is InChI=1S/C33H44N8O6S/c1-23-18-24(2)30(25(3)19-23)48(44,45)39-28(32(43)47-17-14-41(4)12-15-46-16-13-41)22-37-31(42)26-6-7-29-27(20-26)21-38-40(29)11-5-8-34-33-35-9-10-36-33/h6-7,9-10,18-21,28,39H,5,8,11-17,22H2,1-4H3,(H2-,34,35,36,37,42)/p+1/t28-/m0/s1. The second-order valence-electron chi connectivity index (χ2n) is 12.5. The Kier molecular flexibility index (Phi) is 11.1. The predicted molar refractivity (Wildman–Crippen MR) is 181 cm³/mol. The summed E-state index contributed by atoms with van der Waals surface area (Å²) in [5.74, 6) is -0.513. The summed E-state index contributed by atoms with van der Waals surface area (Å²) in [4.78, 5) is 33.9. The Balaban J connectivity index is 1.25. The van der Waals surface area contributed by atoms with Crippen LogP contribution in [0.2, 0.25) is 0 Å². The van der Waals surface area contributed by atoms with Crippen molar-refractivity contribution in [3.63, 3.8) is 0 Å². The van der Waals surface area contributed by atoms with Gasteiger partial charge in [0.2, 0.25) is 10.0 Å². The molecule has 3 heterocycles. The van der Waals surface area contributed by atoms with Crippen LogP contribution in [0, 0.1) is 20.8 Å². The molecule has 1 saturated heterocycles. The summed E-state index contributed by atoms with van der Waals surface area (Å²) in [6.45, 7) is 9.89. The van der Waals surface area contributed by atoms with E-state index in [9.17, 15) is 18.0 Å². The number of imidazole rings is 1. The predicted octanol–water partition coefficient (Wildman–Crippen LogP) is 2.28. The Morgan fingerprint density at radius 3 is 2.58 bits per heavy atom. The average molecular weight is 682 g/mol. The number of sulfonamides is 1. The summed E-state index contributed by atoms with van der Waals surface area (Å²) in [5.41, 5.74) is 3.27. The molecule has 2 aromatic carbocycles. The molecule has 0 spiro atoms.